The Morgan fingerprint density at radius 2 is 0.839 bits per heavy atom. The van der Waals surface area contributed by atoms with Crippen LogP contribution in [0.4, 0.5) is 0 Å². The van der Waals surface area contributed by atoms with E-state index in [1.807, 2.05) is 0 Å². The highest BCUT2D eigenvalue weighted by atomic mass is 16.3. The molecular formula is C27H55NO3. The zero-order valence-electron chi connectivity index (χ0n) is 20.9. The Morgan fingerprint density at radius 1 is 0.516 bits per heavy atom. The standard InChI is InChI=1S/C27H55NO3/c1-2-3-4-5-6-7-8-9-10-11-12-13-14-15-16-17-18-19-22-27(31)28(23-20-25-29)24-21-26-30/h29-30H,2-26H2,1H3. The maximum Gasteiger partial charge on any atom is 0.222 e. The van der Waals surface area contributed by atoms with Crippen LogP contribution in [-0.2, 0) is 4.79 Å². The summed E-state index contributed by atoms with van der Waals surface area (Å²) in [5, 5.41) is 17.9. The highest BCUT2D eigenvalue weighted by Gasteiger charge is 2.12. The minimum Gasteiger partial charge on any atom is -0.396 e. The van der Waals surface area contributed by atoms with Crippen molar-refractivity contribution in [2.45, 2.75) is 142 Å². The van der Waals surface area contributed by atoms with Crippen LogP contribution in [0.1, 0.15) is 142 Å². The van der Waals surface area contributed by atoms with Crippen molar-refractivity contribution in [3.63, 3.8) is 0 Å². The molecule has 186 valence electrons. The molecule has 0 fully saturated rings. The van der Waals surface area contributed by atoms with Crippen LogP contribution in [0.3, 0.4) is 0 Å². The van der Waals surface area contributed by atoms with Gasteiger partial charge in [0.25, 0.3) is 0 Å². The first kappa shape index (κ1) is 30.4. The van der Waals surface area contributed by atoms with Crippen LogP contribution in [0.25, 0.3) is 0 Å². The van der Waals surface area contributed by atoms with Gasteiger partial charge < -0.3 is 15.1 Å². The summed E-state index contributed by atoms with van der Waals surface area (Å²) in [6.07, 6.45) is 26.2. The van der Waals surface area contributed by atoms with E-state index in [4.69, 9.17) is 10.2 Å². The number of hydrogen-bond acceptors (Lipinski definition) is 3. The Kier molecular flexibility index (Phi) is 25.1. The van der Waals surface area contributed by atoms with Crippen molar-refractivity contribution >= 4 is 5.91 Å². The lowest BCUT2D eigenvalue weighted by atomic mass is 10.0. The molecule has 4 heteroatoms. The fraction of sp³-hybridized carbons (Fsp3) is 0.963. The molecule has 0 saturated carbocycles. The van der Waals surface area contributed by atoms with Gasteiger partial charge in [-0.05, 0) is 19.3 Å². The molecule has 0 radical (unpaired) electrons. The molecule has 0 unspecified atom stereocenters. The molecule has 4 nitrogen and oxygen atoms in total. The molecule has 0 atom stereocenters. The highest BCUT2D eigenvalue weighted by Crippen LogP contribution is 2.15. The second kappa shape index (κ2) is 25.6. The first-order valence-corrected chi connectivity index (χ1v) is 13.8. The lowest BCUT2D eigenvalue weighted by molar-refractivity contribution is -0.131. The van der Waals surface area contributed by atoms with E-state index in [1.54, 1.807) is 4.90 Å². The van der Waals surface area contributed by atoms with Crippen molar-refractivity contribution in [3.8, 4) is 0 Å². The van der Waals surface area contributed by atoms with Gasteiger partial charge in [-0.1, -0.05) is 116 Å². The van der Waals surface area contributed by atoms with Crippen molar-refractivity contribution in [2.75, 3.05) is 26.3 Å². The maximum absolute atomic E-state index is 12.3. The zero-order chi connectivity index (χ0) is 22.8. The normalized spacial score (nSPS) is 11.2. The number of carbonyl (C=O) groups is 1. The van der Waals surface area contributed by atoms with E-state index >= 15 is 0 Å². The van der Waals surface area contributed by atoms with Gasteiger partial charge in [0.15, 0.2) is 0 Å². The van der Waals surface area contributed by atoms with Gasteiger partial charge in [-0.3, -0.25) is 4.79 Å². The summed E-state index contributed by atoms with van der Waals surface area (Å²) in [5.41, 5.74) is 0. The second-order valence-electron chi connectivity index (χ2n) is 9.30. The number of carbonyl (C=O) groups excluding carboxylic acids is 1. The predicted molar refractivity (Wildman–Crippen MR) is 133 cm³/mol. The van der Waals surface area contributed by atoms with Crippen molar-refractivity contribution in [2.24, 2.45) is 0 Å². The van der Waals surface area contributed by atoms with E-state index in [2.05, 4.69) is 6.92 Å². The molecule has 0 aliphatic rings. The van der Waals surface area contributed by atoms with Crippen LogP contribution in [0.15, 0.2) is 0 Å². The average molecular weight is 442 g/mol. The number of aliphatic hydroxyl groups is 2. The van der Waals surface area contributed by atoms with Gasteiger partial charge in [-0.15, -0.1) is 0 Å². The second-order valence-corrected chi connectivity index (χ2v) is 9.30. The lowest BCUT2D eigenvalue weighted by Crippen LogP contribution is -2.33. The van der Waals surface area contributed by atoms with Gasteiger partial charge in [0, 0.05) is 32.7 Å². The van der Waals surface area contributed by atoms with Gasteiger partial charge >= 0.3 is 0 Å². The molecule has 0 saturated heterocycles. The van der Waals surface area contributed by atoms with Gasteiger partial charge in [-0.25, -0.2) is 0 Å². The fourth-order valence-corrected chi connectivity index (χ4v) is 4.22. The number of amides is 1. The first-order valence-electron chi connectivity index (χ1n) is 13.8. The van der Waals surface area contributed by atoms with Crippen LogP contribution >= 0.6 is 0 Å². The van der Waals surface area contributed by atoms with E-state index in [0.29, 0.717) is 32.4 Å². The van der Waals surface area contributed by atoms with Crippen LogP contribution in [-0.4, -0.2) is 47.3 Å². The first-order chi connectivity index (χ1) is 15.3. The van der Waals surface area contributed by atoms with Crippen LogP contribution in [0, 0.1) is 0 Å². The van der Waals surface area contributed by atoms with Crippen molar-refractivity contribution in [1.82, 2.24) is 4.90 Å². The number of nitrogens with zero attached hydrogens (tertiary/aromatic N) is 1. The predicted octanol–water partition coefficient (Wildman–Crippen LogP) is 7.01. The summed E-state index contributed by atoms with van der Waals surface area (Å²) in [4.78, 5) is 14.1. The van der Waals surface area contributed by atoms with E-state index in [0.717, 1.165) is 12.8 Å². The topological polar surface area (TPSA) is 60.8 Å². The summed E-state index contributed by atoms with van der Waals surface area (Å²) >= 11 is 0. The van der Waals surface area contributed by atoms with E-state index in [-0.39, 0.29) is 19.1 Å². The lowest BCUT2D eigenvalue weighted by Gasteiger charge is -2.22. The highest BCUT2D eigenvalue weighted by molar-refractivity contribution is 5.76. The van der Waals surface area contributed by atoms with Crippen molar-refractivity contribution in [1.29, 1.82) is 0 Å². The molecule has 0 rings (SSSR count). The number of unbranched alkanes of at least 4 members (excludes halogenated alkanes) is 17. The SMILES string of the molecule is CCCCCCCCCCCCCCCCCCCCC(=O)N(CCCO)CCCO. The smallest absolute Gasteiger partial charge is 0.222 e. The van der Waals surface area contributed by atoms with Gasteiger partial charge in [0.1, 0.15) is 0 Å². The molecule has 0 aromatic carbocycles. The minimum atomic E-state index is 0.113. The molecule has 0 aliphatic heterocycles. The monoisotopic (exact) mass is 441 g/mol. The molecule has 0 spiro atoms. The number of rotatable bonds is 25. The maximum atomic E-state index is 12.3. The third kappa shape index (κ3) is 22.4. The van der Waals surface area contributed by atoms with Gasteiger partial charge in [0.2, 0.25) is 5.91 Å². The van der Waals surface area contributed by atoms with Crippen LogP contribution in [0.5, 0.6) is 0 Å². The zero-order valence-corrected chi connectivity index (χ0v) is 20.9. The molecule has 0 heterocycles. The Morgan fingerprint density at radius 3 is 1.16 bits per heavy atom. The summed E-state index contributed by atoms with van der Waals surface area (Å²) < 4.78 is 0. The Hall–Kier alpha value is -0.610. The average Bonchev–Trinajstić information content (AvgIpc) is 2.78. The Labute approximate surface area is 194 Å². The van der Waals surface area contributed by atoms with Crippen LogP contribution < -0.4 is 0 Å². The van der Waals surface area contributed by atoms with E-state index in [9.17, 15) is 4.79 Å². The summed E-state index contributed by atoms with van der Waals surface area (Å²) in [7, 11) is 0. The van der Waals surface area contributed by atoms with E-state index < -0.39 is 0 Å². The van der Waals surface area contributed by atoms with Crippen molar-refractivity contribution < 1.29 is 15.0 Å². The molecule has 0 aliphatic carbocycles. The summed E-state index contributed by atoms with van der Waals surface area (Å²) in [6.45, 7) is 3.72. The third-order valence-corrected chi connectivity index (χ3v) is 6.27. The summed E-state index contributed by atoms with van der Waals surface area (Å²) in [6, 6.07) is 0. The molecule has 0 bridgehead atoms. The number of hydrogen-bond donors (Lipinski definition) is 2. The Bertz CT molecular complexity index is 354. The van der Waals surface area contributed by atoms with Crippen molar-refractivity contribution in [3.05, 3.63) is 0 Å². The molecule has 0 aromatic heterocycles. The molecule has 31 heavy (non-hydrogen) atoms. The fourth-order valence-electron chi connectivity index (χ4n) is 4.22. The molecule has 2 N–H and O–H groups in total. The van der Waals surface area contributed by atoms with Gasteiger partial charge in [0.05, 0.1) is 0 Å². The molecule has 1 amide bonds. The Balaban J connectivity index is 3.35. The van der Waals surface area contributed by atoms with Crippen LogP contribution in [0.2, 0.25) is 0 Å². The quantitative estimate of drug-likeness (QED) is 0.150. The van der Waals surface area contributed by atoms with E-state index in [1.165, 1.54) is 103 Å². The number of aliphatic hydroxyl groups excluding tert-OH is 2. The minimum absolute atomic E-state index is 0.113. The largest absolute Gasteiger partial charge is 0.396 e. The van der Waals surface area contributed by atoms with Gasteiger partial charge in [-0.2, -0.15) is 0 Å². The third-order valence-electron chi connectivity index (χ3n) is 6.27. The molecule has 0 aromatic rings. The molecular weight excluding hydrogens is 386 g/mol. The summed E-state index contributed by atoms with van der Waals surface area (Å²) in [5.74, 6) is 0.179.